The molecule has 0 fully saturated rings. The standard InChI is InChI=1S/C19H17FN2O2/c1-3-22(14-6-4-5-12(2)9-14)19(24)18(23)16-11-21-17-10-13(20)7-8-15(16)17/h4-11,21H,3H2,1-2H3. The Labute approximate surface area is 138 Å². The lowest BCUT2D eigenvalue weighted by Crippen LogP contribution is -2.36. The van der Waals surface area contributed by atoms with Crippen LogP contribution in [0.3, 0.4) is 0 Å². The van der Waals surface area contributed by atoms with Gasteiger partial charge in [0.1, 0.15) is 5.82 Å². The van der Waals surface area contributed by atoms with Crippen LogP contribution in [-0.2, 0) is 4.79 Å². The van der Waals surface area contributed by atoms with E-state index in [1.54, 1.807) is 6.07 Å². The van der Waals surface area contributed by atoms with Crippen LogP contribution in [0.2, 0.25) is 0 Å². The van der Waals surface area contributed by atoms with Gasteiger partial charge in [0, 0.05) is 29.3 Å². The van der Waals surface area contributed by atoms with Crippen LogP contribution in [0.25, 0.3) is 10.9 Å². The Balaban J connectivity index is 1.96. The maximum Gasteiger partial charge on any atom is 0.299 e. The Bertz CT molecular complexity index is 930. The second-order valence-electron chi connectivity index (χ2n) is 5.61. The van der Waals surface area contributed by atoms with E-state index in [2.05, 4.69) is 4.98 Å². The van der Waals surface area contributed by atoms with Crippen molar-refractivity contribution in [3.05, 3.63) is 65.6 Å². The van der Waals surface area contributed by atoms with Crippen LogP contribution in [0.4, 0.5) is 10.1 Å². The van der Waals surface area contributed by atoms with Crippen molar-refractivity contribution < 1.29 is 14.0 Å². The molecule has 0 unspecified atom stereocenters. The Kier molecular flexibility index (Phi) is 4.16. The van der Waals surface area contributed by atoms with Crippen molar-refractivity contribution >= 4 is 28.3 Å². The molecule has 3 rings (SSSR count). The minimum atomic E-state index is -0.615. The second kappa shape index (κ2) is 6.28. The molecule has 0 spiro atoms. The average Bonchev–Trinajstić information content (AvgIpc) is 2.97. The molecule has 1 aromatic heterocycles. The van der Waals surface area contributed by atoms with E-state index >= 15 is 0 Å². The third kappa shape index (κ3) is 2.80. The molecule has 1 N–H and O–H groups in total. The maximum atomic E-state index is 13.3. The topological polar surface area (TPSA) is 53.2 Å². The zero-order chi connectivity index (χ0) is 17.3. The number of halogens is 1. The number of hydrogen-bond acceptors (Lipinski definition) is 2. The van der Waals surface area contributed by atoms with Gasteiger partial charge in [-0.15, -0.1) is 0 Å². The van der Waals surface area contributed by atoms with Gasteiger partial charge >= 0.3 is 0 Å². The van der Waals surface area contributed by atoms with Crippen LogP contribution in [0.15, 0.2) is 48.7 Å². The monoisotopic (exact) mass is 324 g/mol. The summed E-state index contributed by atoms with van der Waals surface area (Å²) in [5, 5.41) is 0.537. The van der Waals surface area contributed by atoms with Gasteiger partial charge in [-0.1, -0.05) is 12.1 Å². The van der Waals surface area contributed by atoms with E-state index in [0.717, 1.165) is 5.56 Å². The maximum absolute atomic E-state index is 13.3. The molecule has 0 atom stereocenters. The Morgan fingerprint density at radius 1 is 1.17 bits per heavy atom. The molecule has 122 valence electrons. The zero-order valence-corrected chi connectivity index (χ0v) is 13.5. The molecule has 4 nitrogen and oxygen atoms in total. The van der Waals surface area contributed by atoms with E-state index in [9.17, 15) is 14.0 Å². The van der Waals surface area contributed by atoms with Crippen LogP contribution in [0.5, 0.6) is 0 Å². The van der Waals surface area contributed by atoms with E-state index in [-0.39, 0.29) is 5.56 Å². The van der Waals surface area contributed by atoms with Crippen LogP contribution < -0.4 is 4.90 Å². The number of anilines is 1. The van der Waals surface area contributed by atoms with E-state index in [0.29, 0.717) is 23.1 Å². The van der Waals surface area contributed by atoms with E-state index in [1.165, 1.54) is 29.3 Å². The highest BCUT2D eigenvalue weighted by Crippen LogP contribution is 2.22. The normalized spacial score (nSPS) is 10.8. The third-order valence-corrected chi connectivity index (χ3v) is 3.96. The van der Waals surface area contributed by atoms with Crippen LogP contribution >= 0.6 is 0 Å². The lowest BCUT2D eigenvalue weighted by atomic mass is 10.1. The smallest absolute Gasteiger partial charge is 0.299 e. The number of amides is 1. The molecule has 0 radical (unpaired) electrons. The first-order valence-corrected chi connectivity index (χ1v) is 7.70. The number of aromatic amines is 1. The molecule has 0 saturated carbocycles. The van der Waals surface area contributed by atoms with Crippen LogP contribution in [-0.4, -0.2) is 23.2 Å². The van der Waals surface area contributed by atoms with Gasteiger partial charge in [0.25, 0.3) is 11.7 Å². The molecule has 0 aliphatic carbocycles. The molecular weight excluding hydrogens is 307 g/mol. The number of nitrogens with one attached hydrogen (secondary N) is 1. The number of likely N-dealkylation sites (N-methyl/N-ethyl adjacent to an activating group) is 1. The number of aryl methyl sites for hydroxylation is 1. The number of benzene rings is 2. The quantitative estimate of drug-likeness (QED) is 0.585. The zero-order valence-electron chi connectivity index (χ0n) is 13.5. The molecule has 2 aromatic carbocycles. The number of Topliss-reactive ketones (excluding diaryl/α,β-unsaturated/α-hetero) is 1. The van der Waals surface area contributed by atoms with Crippen molar-refractivity contribution in [3.8, 4) is 0 Å². The van der Waals surface area contributed by atoms with Crippen molar-refractivity contribution in [2.75, 3.05) is 11.4 Å². The first-order chi connectivity index (χ1) is 11.5. The lowest BCUT2D eigenvalue weighted by Gasteiger charge is -2.20. The van der Waals surface area contributed by atoms with E-state index < -0.39 is 17.5 Å². The molecule has 0 aliphatic heterocycles. The summed E-state index contributed by atoms with van der Waals surface area (Å²) in [7, 11) is 0. The van der Waals surface area contributed by atoms with Crippen LogP contribution in [0, 0.1) is 12.7 Å². The van der Waals surface area contributed by atoms with Gasteiger partial charge < -0.3 is 9.88 Å². The predicted molar refractivity (Wildman–Crippen MR) is 91.8 cm³/mol. The summed E-state index contributed by atoms with van der Waals surface area (Å²) in [5.74, 6) is -1.62. The molecule has 0 aliphatic rings. The Morgan fingerprint density at radius 2 is 1.96 bits per heavy atom. The first kappa shape index (κ1) is 15.9. The van der Waals surface area contributed by atoms with Gasteiger partial charge in [0.15, 0.2) is 0 Å². The van der Waals surface area contributed by atoms with Crippen molar-refractivity contribution in [2.45, 2.75) is 13.8 Å². The molecule has 0 saturated heterocycles. The highest BCUT2D eigenvalue weighted by atomic mass is 19.1. The molecule has 0 bridgehead atoms. The summed E-state index contributed by atoms with van der Waals surface area (Å²) in [5.41, 5.74) is 2.43. The second-order valence-corrected chi connectivity index (χ2v) is 5.61. The summed E-state index contributed by atoms with van der Waals surface area (Å²) in [6.45, 7) is 4.13. The number of fused-ring (bicyclic) bond motifs is 1. The predicted octanol–water partition coefficient (Wildman–Crippen LogP) is 3.85. The minimum Gasteiger partial charge on any atom is -0.360 e. The number of rotatable bonds is 4. The number of carbonyl (C=O) groups excluding carboxylic acids is 2. The fourth-order valence-electron chi connectivity index (χ4n) is 2.76. The third-order valence-electron chi connectivity index (χ3n) is 3.96. The minimum absolute atomic E-state index is 0.251. The van der Waals surface area contributed by atoms with Gasteiger partial charge in [-0.05, 0) is 49.7 Å². The summed E-state index contributed by atoms with van der Waals surface area (Å²) >= 11 is 0. The SMILES string of the molecule is CCN(C(=O)C(=O)c1c[nH]c2cc(F)ccc12)c1cccc(C)c1. The highest BCUT2D eigenvalue weighted by molar-refractivity contribution is 6.48. The number of aromatic nitrogens is 1. The largest absolute Gasteiger partial charge is 0.360 e. The molecule has 5 heteroatoms. The number of ketones is 1. The summed E-state index contributed by atoms with van der Waals surface area (Å²) < 4.78 is 13.3. The number of H-pyrrole nitrogens is 1. The number of carbonyl (C=O) groups is 2. The number of nitrogens with zero attached hydrogens (tertiary/aromatic N) is 1. The van der Waals surface area contributed by atoms with Crippen molar-refractivity contribution in [2.24, 2.45) is 0 Å². The van der Waals surface area contributed by atoms with Crippen molar-refractivity contribution in [1.82, 2.24) is 4.98 Å². The van der Waals surface area contributed by atoms with Gasteiger partial charge in [0.05, 0.1) is 5.56 Å². The van der Waals surface area contributed by atoms with Crippen molar-refractivity contribution in [1.29, 1.82) is 0 Å². The highest BCUT2D eigenvalue weighted by Gasteiger charge is 2.25. The summed E-state index contributed by atoms with van der Waals surface area (Å²) in [6, 6.07) is 11.5. The van der Waals surface area contributed by atoms with Gasteiger partial charge in [0.2, 0.25) is 0 Å². The molecule has 1 amide bonds. The fourth-order valence-corrected chi connectivity index (χ4v) is 2.76. The molecule has 1 heterocycles. The van der Waals surface area contributed by atoms with Gasteiger partial charge in [-0.3, -0.25) is 9.59 Å². The molecule has 3 aromatic rings. The summed E-state index contributed by atoms with van der Waals surface area (Å²) in [6.07, 6.45) is 1.45. The lowest BCUT2D eigenvalue weighted by molar-refractivity contribution is -0.114. The van der Waals surface area contributed by atoms with Crippen molar-refractivity contribution in [3.63, 3.8) is 0 Å². The Morgan fingerprint density at radius 3 is 2.67 bits per heavy atom. The van der Waals surface area contributed by atoms with Gasteiger partial charge in [-0.2, -0.15) is 0 Å². The van der Waals surface area contributed by atoms with Crippen LogP contribution in [0.1, 0.15) is 22.8 Å². The van der Waals surface area contributed by atoms with E-state index in [4.69, 9.17) is 0 Å². The number of hydrogen-bond donors (Lipinski definition) is 1. The molecule has 24 heavy (non-hydrogen) atoms. The molecular formula is C19H17FN2O2. The Hall–Kier alpha value is -2.95. The summed E-state index contributed by atoms with van der Waals surface area (Å²) in [4.78, 5) is 29.6. The fraction of sp³-hybridized carbons (Fsp3) is 0.158. The van der Waals surface area contributed by atoms with Gasteiger partial charge in [-0.25, -0.2) is 4.39 Å². The average molecular weight is 324 g/mol. The van der Waals surface area contributed by atoms with E-state index in [1.807, 2.05) is 32.0 Å². The first-order valence-electron chi connectivity index (χ1n) is 7.70.